The highest BCUT2D eigenvalue weighted by molar-refractivity contribution is 7.92. The van der Waals surface area contributed by atoms with E-state index in [4.69, 9.17) is 11.6 Å². The van der Waals surface area contributed by atoms with E-state index in [2.05, 4.69) is 15.2 Å². The van der Waals surface area contributed by atoms with Gasteiger partial charge in [-0.2, -0.15) is 0 Å². The second-order valence-electron chi connectivity index (χ2n) is 5.17. The molecule has 0 aliphatic carbocycles. The number of nitrogens with zero attached hydrogens (tertiary/aromatic N) is 2. The van der Waals surface area contributed by atoms with Gasteiger partial charge in [-0.3, -0.25) is 4.79 Å². The Morgan fingerprint density at radius 1 is 1.12 bits per heavy atom. The third-order valence-electron chi connectivity index (χ3n) is 3.41. The number of aromatic hydroxyl groups is 1. The number of carbonyl (C=O) groups excluding carboxylic acids is 1. The Labute approximate surface area is 147 Å². The number of nitrogens with one attached hydrogen (secondary N) is 1. The second-order valence-corrected chi connectivity index (χ2v) is 7.60. The fourth-order valence-corrected chi connectivity index (χ4v) is 3.46. The van der Waals surface area contributed by atoms with Crippen LogP contribution in [0.1, 0.15) is 0 Å². The first-order chi connectivity index (χ1) is 11.9. The topological polar surface area (TPSA) is 112 Å². The number of hydrogen-bond acceptors (Lipinski definition) is 5. The van der Waals surface area contributed by atoms with Gasteiger partial charge in [0.05, 0.1) is 10.4 Å². The molecule has 0 unspecified atom stereocenters. The van der Waals surface area contributed by atoms with E-state index in [1.807, 2.05) is 0 Å². The smallest absolute Gasteiger partial charge is 0.280 e. The summed E-state index contributed by atoms with van der Waals surface area (Å²) in [4.78, 5) is 14.5. The highest BCUT2D eigenvalue weighted by Gasteiger charge is 2.19. The van der Waals surface area contributed by atoms with E-state index in [1.54, 1.807) is 24.3 Å². The van der Waals surface area contributed by atoms with Gasteiger partial charge >= 0.3 is 0 Å². The summed E-state index contributed by atoms with van der Waals surface area (Å²) in [5, 5.41) is 17.9. The molecular weight excluding hydrogens is 366 g/mol. The number of fused-ring (bicyclic) bond motifs is 1. The lowest BCUT2D eigenvalue weighted by atomic mass is 10.2. The van der Waals surface area contributed by atoms with Crippen molar-refractivity contribution in [3.63, 3.8) is 0 Å². The number of benzene rings is 2. The quantitative estimate of drug-likeness (QED) is 0.676. The molecule has 1 heterocycles. The Hall–Kier alpha value is -2.71. The Balaban J connectivity index is 1.81. The molecule has 2 N–H and O–H groups in total. The van der Waals surface area contributed by atoms with Crippen molar-refractivity contribution in [2.75, 3.05) is 5.75 Å². The van der Waals surface area contributed by atoms with Gasteiger partial charge in [0.1, 0.15) is 5.75 Å². The fraction of sp³-hybridized carbons (Fsp3) is 0.0625. The number of aromatic nitrogens is 1. The highest BCUT2D eigenvalue weighted by Crippen LogP contribution is 2.35. The number of hydrogen-bond donors (Lipinski definition) is 2. The molecule has 9 heteroatoms. The maximum absolute atomic E-state index is 12.2. The minimum absolute atomic E-state index is 0.0320. The molecule has 2 aromatic carbocycles. The van der Waals surface area contributed by atoms with Crippen LogP contribution in [-0.2, 0) is 14.6 Å². The van der Waals surface area contributed by atoms with Gasteiger partial charge in [0.2, 0.25) is 5.88 Å². The molecule has 1 amide bonds. The van der Waals surface area contributed by atoms with Crippen molar-refractivity contribution >= 4 is 43.9 Å². The van der Waals surface area contributed by atoms with Crippen LogP contribution < -0.4 is 0 Å². The van der Waals surface area contributed by atoms with Crippen LogP contribution in [0.3, 0.4) is 0 Å². The predicted octanol–water partition coefficient (Wildman–Crippen LogP) is 3.61. The minimum Gasteiger partial charge on any atom is -0.493 e. The summed E-state index contributed by atoms with van der Waals surface area (Å²) in [5.74, 6) is -2.03. The molecule has 0 aliphatic rings. The molecule has 25 heavy (non-hydrogen) atoms. The first kappa shape index (κ1) is 17.1. The molecular formula is C16H12ClN3O4S. The normalized spacial score (nSPS) is 12.0. The molecule has 0 aliphatic heterocycles. The van der Waals surface area contributed by atoms with E-state index in [0.29, 0.717) is 15.9 Å². The fourth-order valence-electron chi connectivity index (χ4n) is 2.24. The largest absolute Gasteiger partial charge is 0.493 e. The van der Waals surface area contributed by atoms with Crippen LogP contribution >= 0.6 is 11.6 Å². The van der Waals surface area contributed by atoms with Gasteiger partial charge in [-0.25, -0.2) is 8.42 Å². The molecule has 1 aromatic heterocycles. The van der Waals surface area contributed by atoms with Crippen molar-refractivity contribution in [1.29, 1.82) is 0 Å². The average Bonchev–Trinajstić information content (AvgIpc) is 2.88. The molecule has 3 aromatic rings. The zero-order chi connectivity index (χ0) is 18.0. The average molecular weight is 378 g/mol. The number of amides is 1. The van der Waals surface area contributed by atoms with Gasteiger partial charge in [-0.15, -0.1) is 10.2 Å². The Morgan fingerprint density at radius 3 is 2.52 bits per heavy atom. The number of H-pyrrole nitrogens is 1. The molecule has 0 spiro atoms. The summed E-state index contributed by atoms with van der Waals surface area (Å²) in [6.07, 6.45) is 0. The van der Waals surface area contributed by atoms with Crippen molar-refractivity contribution < 1.29 is 18.3 Å². The molecule has 0 saturated heterocycles. The number of para-hydroxylation sites is 1. The molecule has 3 rings (SSSR count). The maximum Gasteiger partial charge on any atom is 0.280 e. The van der Waals surface area contributed by atoms with Crippen LogP contribution in [0.15, 0.2) is 63.7 Å². The lowest BCUT2D eigenvalue weighted by Gasteiger charge is -2.01. The van der Waals surface area contributed by atoms with Crippen LogP contribution in [0.4, 0.5) is 5.69 Å². The van der Waals surface area contributed by atoms with E-state index in [9.17, 15) is 18.3 Å². The minimum atomic E-state index is -3.85. The first-order valence-electron chi connectivity index (χ1n) is 7.09. The molecule has 0 bridgehead atoms. The summed E-state index contributed by atoms with van der Waals surface area (Å²) in [6.45, 7) is 0. The van der Waals surface area contributed by atoms with Crippen molar-refractivity contribution in [3.8, 4) is 5.88 Å². The zero-order valence-corrected chi connectivity index (χ0v) is 14.3. The third kappa shape index (κ3) is 3.70. The van der Waals surface area contributed by atoms with Crippen molar-refractivity contribution in [3.05, 3.63) is 53.6 Å². The lowest BCUT2D eigenvalue weighted by Crippen LogP contribution is -2.14. The Bertz CT molecular complexity index is 1070. The van der Waals surface area contributed by atoms with Crippen LogP contribution in [0.5, 0.6) is 5.88 Å². The van der Waals surface area contributed by atoms with Gasteiger partial charge in [-0.05, 0) is 30.3 Å². The van der Waals surface area contributed by atoms with Gasteiger partial charge in [0, 0.05) is 10.4 Å². The zero-order valence-electron chi connectivity index (χ0n) is 12.7. The number of aromatic amines is 1. The maximum atomic E-state index is 12.2. The summed E-state index contributed by atoms with van der Waals surface area (Å²) in [7, 11) is -3.85. The molecule has 0 saturated carbocycles. The first-order valence-corrected chi connectivity index (χ1v) is 9.12. The number of carbonyl (C=O) groups is 1. The Morgan fingerprint density at radius 2 is 1.80 bits per heavy atom. The number of rotatable bonds is 4. The number of sulfone groups is 1. The van der Waals surface area contributed by atoms with Crippen molar-refractivity contribution in [2.24, 2.45) is 10.2 Å². The molecule has 128 valence electrons. The predicted molar refractivity (Wildman–Crippen MR) is 93.0 cm³/mol. The molecule has 0 atom stereocenters. The van der Waals surface area contributed by atoms with Crippen molar-refractivity contribution in [1.82, 2.24) is 4.98 Å². The summed E-state index contributed by atoms with van der Waals surface area (Å²) in [5.41, 5.74) is 0.697. The summed E-state index contributed by atoms with van der Waals surface area (Å²) in [6, 6.07) is 12.4. The molecule has 0 radical (unpaired) electrons. The van der Waals surface area contributed by atoms with E-state index in [1.165, 1.54) is 24.3 Å². The lowest BCUT2D eigenvalue weighted by molar-refractivity contribution is -0.115. The van der Waals surface area contributed by atoms with Gasteiger partial charge in [-0.1, -0.05) is 29.8 Å². The van der Waals surface area contributed by atoms with Gasteiger partial charge in [0.25, 0.3) is 5.91 Å². The highest BCUT2D eigenvalue weighted by atomic mass is 35.5. The monoisotopic (exact) mass is 377 g/mol. The van der Waals surface area contributed by atoms with E-state index >= 15 is 0 Å². The summed E-state index contributed by atoms with van der Waals surface area (Å²) < 4.78 is 24.3. The number of halogens is 1. The van der Waals surface area contributed by atoms with Crippen LogP contribution in [0.2, 0.25) is 5.02 Å². The van der Waals surface area contributed by atoms with Gasteiger partial charge < -0.3 is 10.1 Å². The van der Waals surface area contributed by atoms with Crippen LogP contribution in [0.25, 0.3) is 10.9 Å². The van der Waals surface area contributed by atoms with E-state index < -0.39 is 21.5 Å². The number of azo groups is 1. The molecule has 0 fully saturated rings. The van der Waals surface area contributed by atoms with E-state index in [0.717, 1.165) is 0 Å². The molecule has 7 nitrogen and oxygen atoms in total. The van der Waals surface area contributed by atoms with E-state index in [-0.39, 0.29) is 16.5 Å². The summed E-state index contributed by atoms with van der Waals surface area (Å²) >= 11 is 5.71. The van der Waals surface area contributed by atoms with Gasteiger partial charge in [0.15, 0.2) is 15.5 Å². The van der Waals surface area contributed by atoms with Crippen LogP contribution in [-0.4, -0.2) is 30.2 Å². The SMILES string of the molecule is O=C(CS(=O)(=O)c1ccc(Cl)cc1)N=Nc1c(O)[nH]c2ccccc12. The van der Waals surface area contributed by atoms with Crippen molar-refractivity contribution in [2.45, 2.75) is 4.90 Å². The third-order valence-corrected chi connectivity index (χ3v) is 5.28. The standard InChI is InChI=1S/C16H12ClN3O4S/c17-10-5-7-11(8-6-10)25(23,24)9-14(21)19-20-15-12-3-1-2-4-13(12)18-16(15)22/h1-8,18,22H,9H2. The second kappa shape index (κ2) is 6.66. The van der Waals surface area contributed by atoms with Crippen LogP contribution in [0, 0.1) is 0 Å². The Kier molecular flexibility index (Phi) is 4.56.